The number of fused-ring (bicyclic) bond motifs is 1. The predicted octanol–water partition coefficient (Wildman–Crippen LogP) is 7.31. The van der Waals surface area contributed by atoms with Gasteiger partial charge in [-0.15, -0.1) is 0 Å². The monoisotopic (exact) mass is 603 g/mol. The zero-order valence-electron chi connectivity index (χ0n) is 25.6. The molecule has 0 unspecified atom stereocenters. The molecule has 2 heterocycles. The molecule has 1 saturated carbocycles. The average molecular weight is 604 g/mol. The molecule has 0 saturated heterocycles. The molecule has 0 spiro atoms. The predicted molar refractivity (Wildman–Crippen MR) is 163 cm³/mol. The number of benzene rings is 2. The van der Waals surface area contributed by atoms with Gasteiger partial charge in [-0.05, 0) is 81.8 Å². The van der Waals surface area contributed by atoms with Gasteiger partial charge < -0.3 is 18.8 Å². The minimum atomic E-state index is -0.788. The third kappa shape index (κ3) is 7.69. The van der Waals surface area contributed by atoms with Crippen LogP contribution in [0.5, 0.6) is 11.6 Å². The molecule has 1 aliphatic carbocycles. The molecule has 44 heavy (non-hydrogen) atoms. The van der Waals surface area contributed by atoms with Crippen molar-refractivity contribution in [2.24, 2.45) is 0 Å². The molecule has 0 aliphatic heterocycles. The van der Waals surface area contributed by atoms with Gasteiger partial charge in [0.15, 0.2) is 11.2 Å². The Kier molecular flexibility index (Phi) is 9.41. The second-order valence-corrected chi connectivity index (χ2v) is 11.9. The SMILES string of the molecule is CCOC(=O)Cn1cnc2c(Oc3ccc(F)cc3)nc(N(Cc3ccc(C4CCCCC4)cc3)C(=O)OC(C)(C)C)nc21. The molecule has 10 nitrogen and oxygen atoms in total. The second kappa shape index (κ2) is 13.4. The molecule has 2 aromatic heterocycles. The van der Waals surface area contributed by atoms with Crippen LogP contribution in [0.4, 0.5) is 15.1 Å². The van der Waals surface area contributed by atoms with Crippen LogP contribution in [0.25, 0.3) is 11.2 Å². The number of rotatable bonds is 9. The Morgan fingerprint density at radius 3 is 2.36 bits per heavy atom. The van der Waals surface area contributed by atoms with E-state index < -0.39 is 23.5 Å². The molecule has 11 heteroatoms. The van der Waals surface area contributed by atoms with Crippen LogP contribution < -0.4 is 9.64 Å². The van der Waals surface area contributed by atoms with E-state index >= 15 is 0 Å². The zero-order valence-corrected chi connectivity index (χ0v) is 25.6. The topological polar surface area (TPSA) is 109 Å². The maximum atomic E-state index is 13.7. The van der Waals surface area contributed by atoms with Gasteiger partial charge >= 0.3 is 12.1 Å². The molecule has 0 atom stereocenters. The van der Waals surface area contributed by atoms with E-state index in [1.165, 1.54) is 77.7 Å². The largest absolute Gasteiger partial charge is 0.465 e. The van der Waals surface area contributed by atoms with Gasteiger partial charge in [0.1, 0.15) is 23.7 Å². The summed E-state index contributed by atoms with van der Waals surface area (Å²) in [7, 11) is 0. The molecule has 0 radical (unpaired) electrons. The fourth-order valence-corrected chi connectivity index (χ4v) is 5.22. The molecule has 0 bridgehead atoms. The quantitative estimate of drug-likeness (QED) is 0.183. The first-order valence-corrected chi connectivity index (χ1v) is 15.0. The Morgan fingerprint density at radius 2 is 1.70 bits per heavy atom. The van der Waals surface area contributed by atoms with E-state index in [2.05, 4.69) is 27.1 Å². The van der Waals surface area contributed by atoms with Crippen LogP contribution in [0, 0.1) is 5.82 Å². The van der Waals surface area contributed by atoms with E-state index in [-0.39, 0.29) is 42.7 Å². The molecule has 0 N–H and O–H groups in total. The number of carbonyl (C=O) groups is 2. The molecule has 5 rings (SSSR count). The number of esters is 1. The molecule has 1 fully saturated rings. The van der Waals surface area contributed by atoms with Gasteiger partial charge in [0.25, 0.3) is 5.88 Å². The van der Waals surface area contributed by atoms with Crippen LogP contribution in [-0.2, 0) is 27.4 Å². The van der Waals surface area contributed by atoms with Crippen molar-refractivity contribution in [1.82, 2.24) is 19.5 Å². The lowest BCUT2D eigenvalue weighted by Gasteiger charge is -2.27. The molecule has 4 aromatic rings. The Balaban J connectivity index is 1.55. The van der Waals surface area contributed by atoms with Crippen molar-refractivity contribution in [3.8, 4) is 11.6 Å². The Hall–Kier alpha value is -4.54. The summed E-state index contributed by atoms with van der Waals surface area (Å²) in [6, 6.07) is 13.7. The summed E-state index contributed by atoms with van der Waals surface area (Å²) in [5.41, 5.74) is 1.88. The number of carbonyl (C=O) groups excluding carboxylic acids is 2. The lowest BCUT2D eigenvalue weighted by molar-refractivity contribution is -0.143. The first-order valence-electron chi connectivity index (χ1n) is 15.0. The highest BCUT2D eigenvalue weighted by Crippen LogP contribution is 2.33. The van der Waals surface area contributed by atoms with Crippen molar-refractivity contribution in [1.29, 1.82) is 0 Å². The Morgan fingerprint density at radius 1 is 1.00 bits per heavy atom. The lowest BCUT2D eigenvalue weighted by atomic mass is 9.84. The van der Waals surface area contributed by atoms with Crippen molar-refractivity contribution in [2.75, 3.05) is 11.5 Å². The minimum Gasteiger partial charge on any atom is -0.465 e. The summed E-state index contributed by atoms with van der Waals surface area (Å²) in [5.74, 6) is -0.0211. The summed E-state index contributed by atoms with van der Waals surface area (Å²) < 4.78 is 32.0. The van der Waals surface area contributed by atoms with E-state index in [4.69, 9.17) is 14.2 Å². The highest BCUT2D eigenvalue weighted by molar-refractivity contribution is 5.88. The summed E-state index contributed by atoms with van der Waals surface area (Å²) >= 11 is 0. The number of hydrogen-bond acceptors (Lipinski definition) is 8. The smallest absolute Gasteiger partial charge is 0.417 e. The number of aromatic nitrogens is 4. The third-order valence-electron chi connectivity index (χ3n) is 7.31. The van der Waals surface area contributed by atoms with E-state index in [1.54, 1.807) is 27.7 Å². The fraction of sp³-hybridized carbons (Fsp3) is 0.424. The van der Waals surface area contributed by atoms with Gasteiger partial charge in [0.05, 0.1) is 19.5 Å². The van der Waals surface area contributed by atoms with E-state index in [9.17, 15) is 14.0 Å². The Bertz CT molecular complexity index is 1590. The molecular formula is C33H38FN5O5. The number of anilines is 1. The van der Waals surface area contributed by atoms with Gasteiger partial charge in [0, 0.05) is 0 Å². The summed E-state index contributed by atoms with van der Waals surface area (Å²) in [4.78, 5) is 41.0. The van der Waals surface area contributed by atoms with Gasteiger partial charge in [-0.2, -0.15) is 9.97 Å². The van der Waals surface area contributed by atoms with E-state index in [0.29, 0.717) is 11.7 Å². The number of ether oxygens (including phenoxy) is 3. The summed E-state index contributed by atoms with van der Waals surface area (Å²) in [5, 5.41) is 0. The van der Waals surface area contributed by atoms with Crippen molar-refractivity contribution in [3.05, 3.63) is 71.8 Å². The number of hydrogen-bond donors (Lipinski definition) is 0. The normalized spacial score (nSPS) is 13.9. The van der Waals surface area contributed by atoms with Crippen molar-refractivity contribution < 1.29 is 28.2 Å². The van der Waals surface area contributed by atoms with Crippen LogP contribution in [0.1, 0.15) is 76.8 Å². The van der Waals surface area contributed by atoms with Gasteiger partial charge in [0.2, 0.25) is 5.95 Å². The number of halogens is 1. The Labute approximate surface area is 256 Å². The van der Waals surface area contributed by atoms with Crippen LogP contribution >= 0.6 is 0 Å². The van der Waals surface area contributed by atoms with Crippen molar-refractivity contribution in [3.63, 3.8) is 0 Å². The second-order valence-electron chi connectivity index (χ2n) is 11.9. The fourth-order valence-electron chi connectivity index (χ4n) is 5.22. The molecular weight excluding hydrogens is 565 g/mol. The van der Waals surface area contributed by atoms with Crippen LogP contribution in [0.2, 0.25) is 0 Å². The molecule has 2 aromatic carbocycles. The zero-order chi connectivity index (χ0) is 31.3. The van der Waals surface area contributed by atoms with E-state index in [1.807, 2.05) is 12.1 Å². The minimum absolute atomic E-state index is 0.00849. The van der Waals surface area contributed by atoms with Crippen LogP contribution in [0.3, 0.4) is 0 Å². The summed E-state index contributed by atoms with van der Waals surface area (Å²) in [6.07, 6.45) is 6.93. The van der Waals surface area contributed by atoms with Gasteiger partial charge in [-0.3, -0.25) is 4.79 Å². The average Bonchev–Trinajstić information content (AvgIpc) is 3.39. The lowest BCUT2D eigenvalue weighted by Crippen LogP contribution is -2.37. The van der Waals surface area contributed by atoms with Crippen molar-refractivity contribution in [2.45, 2.75) is 84.4 Å². The van der Waals surface area contributed by atoms with Crippen LogP contribution in [-0.4, -0.2) is 43.8 Å². The standard InChI is InChI=1S/C33H38FN5O5/c1-5-42-27(40)20-38-21-35-28-29(38)36-31(37-30(28)43-26-17-15-25(34)16-18-26)39(32(41)44-33(2,3)4)19-22-11-13-24(14-12-22)23-9-7-6-8-10-23/h11-18,21,23H,5-10,19-20H2,1-4H3. The highest BCUT2D eigenvalue weighted by Gasteiger charge is 2.28. The number of imidazole rings is 1. The van der Waals surface area contributed by atoms with Gasteiger partial charge in [-0.1, -0.05) is 43.5 Å². The number of nitrogens with zero attached hydrogens (tertiary/aromatic N) is 5. The molecule has 232 valence electrons. The first kappa shape index (κ1) is 30.9. The van der Waals surface area contributed by atoms with Crippen LogP contribution in [0.15, 0.2) is 54.9 Å². The molecule has 1 aliphatic rings. The third-order valence-corrected chi connectivity index (χ3v) is 7.31. The first-order chi connectivity index (χ1) is 21.1. The maximum absolute atomic E-state index is 13.7. The summed E-state index contributed by atoms with van der Waals surface area (Å²) in [6.45, 7) is 7.24. The maximum Gasteiger partial charge on any atom is 0.417 e. The van der Waals surface area contributed by atoms with Crippen molar-refractivity contribution >= 4 is 29.2 Å². The molecule has 1 amide bonds. The number of amides is 1. The van der Waals surface area contributed by atoms with E-state index in [0.717, 1.165) is 5.56 Å². The highest BCUT2D eigenvalue weighted by atomic mass is 19.1. The van der Waals surface area contributed by atoms with Gasteiger partial charge in [-0.25, -0.2) is 19.1 Å².